The van der Waals surface area contributed by atoms with Crippen molar-refractivity contribution >= 4 is 17.7 Å². The summed E-state index contributed by atoms with van der Waals surface area (Å²) in [6.45, 7) is 3.40. The zero-order valence-corrected chi connectivity index (χ0v) is 15.5. The van der Waals surface area contributed by atoms with Crippen LogP contribution in [0.4, 0.5) is 0 Å². The van der Waals surface area contributed by atoms with Crippen LogP contribution in [0.25, 0.3) is 0 Å². The summed E-state index contributed by atoms with van der Waals surface area (Å²) in [7, 11) is 0. The number of rotatable bonds is 8. The molecule has 0 saturated carbocycles. The van der Waals surface area contributed by atoms with Crippen molar-refractivity contribution in [3.63, 3.8) is 0 Å². The second-order valence-electron chi connectivity index (χ2n) is 6.68. The van der Waals surface area contributed by atoms with Crippen molar-refractivity contribution in [2.45, 2.75) is 38.5 Å². The molecule has 0 spiro atoms. The van der Waals surface area contributed by atoms with Crippen molar-refractivity contribution in [3.8, 4) is 0 Å². The van der Waals surface area contributed by atoms with E-state index in [1.54, 1.807) is 24.3 Å². The molecule has 1 aliphatic rings. The van der Waals surface area contributed by atoms with Crippen LogP contribution >= 0.6 is 0 Å². The van der Waals surface area contributed by atoms with Crippen LogP contribution in [0.15, 0.2) is 42.5 Å². The van der Waals surface area contributed by atoms with Crippen LogP contribution in [0, 0.1) is 5.92 Å². The van der Waals surface area contributed by atoms with Crippen LogP contribution in [0.5, 0.6) is 0 Å². The van der Waals surface area contributed by atoms with Gasteiger partial charge in [0.2, 0.25) is 0 Å². The number of ketones is 1. The van der Waals surface area contributed by atoms with Gasteiger partial charge in [0.15, 0.2) is 5.78 Å². The summed E-state index contributed by atoms with van der Waals surface area (Å²) in [4.78, 5) is 35.0. The second-order valence-corrected chi connectivity index (χ2v) is 6.68. The minimum atomic E-state index is -1.58. The molecule has 1 saturated heterocycles. The first-order valence-electron chi connectivity index (χ1n) is 8.84. The van der Waals surface area contributed by atoms with Crippen LogP contribution in [-0.4, -0.2) is 47.8 Å². The number of carboxylic acids is 1. The number of amides is 1. The zero-order valence-electron chi connectivity index (χ0n) is 15.5. The maximum atomic E-state index is 12.2. The molecule has 1 amide bonds. The normalized spacial score (nSPS) is 23.7. The van der Waals surface area contributed by atoms with Crippen molar-refractivity contribution in [1.29, 1.82) is 0 Å². The van der Waals surface area contributed by atoms with Crippen molar-refractivity contribution in [1.82, 2.24) is 5.32 Å². The van der Waals surface area contributed by atoms with Crippen molar-refractivity contribution in [3.05, 3.63) is 48.0 Å². The number of nitrogens with one attached hydrogen (secondary N) is 1. The van der Waals surface area contributed by atoms with E-state index in [-0.39, 0.29) is 30.8 Å². The first-order valence-corrected chi connectivity index (χ1v) is 8.84. The van der Waals surface area contributed by atoms with E-state index in [1.165, 1.54) is 13.8 Å². The fourth-order valence-electron chi connectivity index (χ4n) is 2.58. The number of carbonyl (C=O) groups excluding carboxylic acids is 2. The number of carbonyl (C=O) groups is 3. The van der Waals surface area contributed by atoms with Gasteiger partial charge in [0.05, 0.1) is 19.3 Å². The van der Waals surface area contributed by atoms with E-state index in [4.69, 9.17) is 14.6 Å². The van der Waals surface area contributed by atoms with Gasteiger partial charge in [-0.25, -0.2) is 4.79 Å². The summed E-state index contributed by atoms with van der Waals surface area (Å²) >= 11 is 0. The van der Waals surface area contributed by atoms with Gasteiger partial charge in [0.25, 0.3) is 11.7 Å². The van der Waals surface area contributed by atoms with Gasteiger partial charge in [-0.1, -0.05) is 30.4 Å². The van der Waals surface area contributed by atoms with E-state index in [1.807, 2.05) is 18.2 Å². The Hall–Kier alpha value is -2.51. The van der Waals surface area contributed by atoms with E-state index in [0.29, 0.717) is 18.4 Å². The molecule has 1 atom stereocenters. The Balaban J connectivity index is 1.80. The molecule has 0 aliphatic carbocycles. The topological polar surface area (TPSA) is 102 Å². The number of Topliss-reactive ketones (excluding diaryl/α,β-unsaturated/α-hetero) is 1. The molecule has 146 valence electrons. The fourth-order valence-corrected chi connectivity index (χ4v) is 2.58. The standard InChI is InChI=1S/C20H25NO6/c1-14(22)17(21-18(23)16-9-4-3-5-10-16)11-7-6-8-15-12-26-20(2,19(24)25)27-13-15/h3-7,9-10,15,17H,8,11-13H2,1-2H3,(H,21,23)(H,24,25)/b7-6+. The van der Waals surface area contributed by atoms with E-state index >= 15 is 0 Å². The number of allylic oxidation sites excluding steroid dienone is 1. The third-order valence-electron chi connectivity index (χ3n) is 4.42. The third kappa shape index (κ3) is 6.01. The van der Waals surface area contributed by atoms with E-state index in [0.717, 1.165) is 0 Å². The average Bonchev–Trinajstić information content (AvgIpc) is 2.66. The summed E-state index contributed by atoms with van der Waals surface area (Å²) in [6, 6.07) is 8.14. The summed E-state index contributed by atoms with van der Waals surface area (Å²) < 4.78 is 10.6. The Bertz CT molecular complexity index is 692. The van der Waals surface area contributed by atoms with Gasteiger partial charge in [-0.2, -0.15) is 0 Å². The Morgan fingerprint density at radius 3 is 2.41 bits per heavy atom. The molecule has 2 N–H and O–H groups in total. The molecular formula is C20H25NO6. The van der Waals surface area contributed by atoms with Crippen LogP contribution < -0.4 is 5.32 Å². The highest BCUT2D eigenvalue weighted by Gasteiger charge is 2.40. The Morgan fingerprint density at radius 1 is 1.22 bits per heavy atom. The molecule has 2 rings (SSSR count). The lowest BCUT2D eigenvalue weighted by Crippen LogP contribution is -2.47. The molecule has 0 radical (unpaired) electrons. The summed E-state index contributed by atoms with van der Waals surface area (Å²) in [5.74, 6) is -3.09. The highest BCUT2D eigenvalue weighted by Crippen LogP contribution is 2.23. The quantitative estimate of drug-likeness (QED) is 0.675. The van der Waals surface area contributed by atoms with E-state index in [9.17, 15) is 14.4 Å². The first-order chi connectivity index (χ1) is 12.8. The van der Waals surface area contributed by atoms with Gasteiger partial charge in [-0.15, -0.1) is 0 Å². The van der Waals surface area contributed by atoms with Gasteiger partial charge in [0.1, 0.15) is 0 Å². The summed E-state index contributed by atoms with van der Waals surface area (Å²) in [5.41, 5.74) is 0.505. The molecule has 1 heterocycles. The number of hydrogen-bond donors (Lipinski definition) is 2. The summed E-state index contributed by atoms with van der Waals surface area (Å²) in [6.07, 6.45) is 4.75. The third-order valence-corrected chi connectivity index (χ3v) is 4.42. The lowest BCUT2D eigenvalue weighted by atomic mass is 10.0. The Morgan fingerprint density at radius 2 is 1.85 bits per heavy atom. The molecule has 1 unspecified atom stereocenters. The largest absolute Gasteiger partial charge is 0.477 e. The predicted molar refractivity (Wildman–Crippen MR) is 98.2 cm³/mol. The molecule has 27 heavy (non-hydrogen) atoms. The monoisotopic (exact) mass is 375 g/mol. The maximum Gasteiger partial charge on any atom is 0.364 e. The lowest BCUT2D eigenvalue weighted by Gasteiger charge is -2.33. The molecule has 1 aromatic rings. The minimum absolute atomic E-state index is 0.0448. The van der Waals surface area contributed by atoms with Crippen LogP contribution in [0.3, 0.4) is 0 Å². The molecule has 0 bridgehead atoms. The van der Waals surface area contributed by atoms with Gasteiger partial charge >= 0.3 is 5.97 Å². The molecule has 0 aromatic heterocycles. The second kappa shape index (κ2) is 9.43. The average molecular weight is 375 g/mol. The highest BCUT2D eigenvalue weighted by molar-refractivity contribution is 5.97. The number of ether oxygens (including phenoxy) is 2. The maximum absolute atomic E-state index is 12.2. The minimum Gasteiger partial charge on any atom is -0.477 e. The molecule has 7 heteroatoms. The number of hydrogen-bond acceptors (Lipinski definition) is 5. The van der Waals surface area contributed by atoms with Gasteiger partial charge in [0, 0.05) is 18.4 Å². The SMILES string of the molecule is CC(=O)C(C/C=C/CC1COC(C)(C(=O)O)OC1)NC(=O)c1ccccc1. The van der Waals surface area contributed by atoms with Gasteiger partial charge in [-0.3, -0.25) is 9.59 Å². The Labute approximate surface area is 158 Å². The van der Waals surface area contributed by atoms with Gasteiger partial charge in [-0.05, 0) is 31.9 Å². The Kier molecular flexibility index (Phi) is 7.27. The lowest BCUT2D eigenvalue weighted by molar-refractivity contribution is -0.270. The molecular weight excluding hydrogens is 350 g/mol. The zero-order chi connectivity index (χ0) is 19.9. The number of carboxylic acid groups (broad SMARTS) is 1. The molecule has 1 aliphatic heterocycles. The smallest absolute Gasteiger partial charge is 0.364 e. The molecule has 7 nitrogen and oxygen atoms in total. The van der Waals surface area contributed by atoms with Crippen LogP contribution in [0.2, 0.25) is 0 Å². The molecule has 1 aromatic carbocycles. The van der Waals surface area contributed by atoms with Gasteiger partial charge < -0.3 is 19.9 Å². The van der Waals surface area contributed by atoms with Crippen LogP contribution in [0.1, 0.15) is 37.0 Å². The van der Waals surface area contributed by atoms with Crippen LogP contribution in [-0.2, 0) is 19.1 Å². The fraction of sp³-hybridized carbons (Fsp3) is 0.450. The van der Waals surface area contributed by atoms with Crippen molar-refractivity contribution < 1.29 is 29.0 Å². The predicted octanol–water partition coefficient (Wildman–Crippen LogP) is 2.17. The molecule has 1 fully saturated rings. The van der Waals surface area contributed by atoms with Crippen molar-refractivity contribution in [2.24, 2.45) is 5.92 Å². The van der Waals surface area contributed by atoms with Crippen molar-refractivity contribution in [2.75, 3.05) is 13.2 Å². The number of benzene rings is 1. The number of aliphatic carboxylic acids is 1. The van der Waals surface area contributed by atoms with E-state index < -0.39 is 17.8 Å². The first kappa shape index (κ1) is 20.8. The highest BCUT2D eigenvalue weighted by atomic mass is 16.7. The summed E-state index contributed by atoms with van der Waals surface area (Å²) in [5, 5.41) is 11.8. The van der Waals surface area contributed by atoms with E-state index in [2.05, 4.69) is 5.32 Å².